The zero-order valence-corrected chi connectivity index (χ0v) is 20.4. The lowest BCUT2D eigenvalue weighted by Crippen LogP contribution is -2.48. The molecule has 1 aliphatic heterocycles. The molecule has 1 N–H and O–H groups in total. The summed E-state index contributed by atoms with van der Waals surface area (Å²) in [5, 5.41) is 2.93. The lowest BCUT2D eigenvalue weighted by molar-refractivity contribution is 0.102. The van der Waals surface area contributed by atoms with Gasteiger partial charge in [0, 0.05) is 47.5 Å². The van der Waals surface area contributed by atoms with Crippen LogP contribution in [0.4, 0.5) is 5.69 Å². The SMILES string of the molecule is O=C(Nc1ccc(I)cc1)c1cccc(CN2CCN(S(=O)(=O)c3ccccc3)CC2)c1. The molecule has 0 saturated carbocycles. The van der Waals surface area contributed by atoms with Gasteiger partial charge in [-0.05, 0) is 76.7 Å². The van der Waals surface area contributed by atoms with E-state index in [1.54, 1.807) is 34.6 Å². The molecule has 1 aliphatic rings. The Labute approximate surface area is 202 Å². The van der Waals surface area contributed by atoms with Crippen molar-refractivity contribution >= 4 is 44.2 Å². The normalized spacial score (nSPS) is 15.4. The van der Waals surface area contributed by atoms with E-state index >= 15 is 0 Å². The van der Waals surface area contributed by atoms with Gasteiger partial charge in [0.25, 0.3) is 5.91 Å². The van der Waals surface area contributed by atoms with Crippen LogP contribution in [0.25, 0.3) is 0 Å². The summed E-state index contributed by atoms with van der Waals surface area (Å²) in [7, 11) is -3.46. The summed E-state index contributed by atoms with van der Waals surface area (Å²) in [6.07, 6.45) is 0. The summed E-state index contributed by atoms with van der Waals surface area (Å²) in [5.41, 5.74) is 2.39. The number of piperazine rings is 1. The van der Waals surface area contributed by atoms with Gasteiger partial charge in [-0.25, -0.2) is 8.42 Å². The first-order chi connectivity index (χ1) is 15.4. The Morgan fingerprint density at radius 2 is 1.56 bits per heavy atom. The summed E-state index contributed by atoms with van der Waals surface area (Å²) < 4.78 is 28.3. The molecule has 8 heteroatoms. The van der Waals surface area contributed by atoms with Crippen LogP contribution in [-0.4, -0.2) is 49.7 Å². The molecule has 0 aliphatic carbocycles. The number of sulfonamides is 1. The number of carbonyl (C=O) groups is 1. The molecule has 1 saturated heterocycles. The number of benzene rings is 3. The fourth-order valence-corrected chi connectivity index (χ4v) is 5.48. The second-order valence-electron chi connectivity index (χ2n) is 7.65. The molecule has 0 unspecified atom stereocenters. The van der Waals surface area contributed by atoms with Gasteiger partial charge in [0.1, 0.15) is 0 Å². The molecule has 3 aromatic rings. The van der Waals surface area contributed by atoms with Crippen molar-refractivity contribution in [1.29, 1.82) is 0 Å². The smallest absolute Gasteiger partial charge is 0.255 e. The van der Waals surface area contributed by atoms with Gasteiger partial charge in [0.2, 0.25) is 10.0 Å². The van der Waals surface area contributed by atoms with Crippen LogP contribution >= 0.6 is 22.6 Å². The zero-order valence-electron chi connectivity index (χ0n) is 17.4. The number of nitrogens with zero attached hydrogens (tertiary/aromatic N) is 2. The van der Waals surface area contributed by atoms with E-state index in [0.29, 0.717) is 43.2 Å². The van der Waals surface area contributed by atoms with E-state index < -0.39 is 10.0 Å². The number of amides is 1. The van der Waals surface area contributed by atoms with Crippen LogP contribution in [0.3, 0.4) is 0 Å². The Bertz CT molecular complexity index is 1180. The van der Waals surface area contributed by atoms with Crippen LogP contribution in [0.2, 0.25) is 0 Å². The van der Waals surface area contributed by atoms with Gasteiger partial charge >= 0.3 is 0 Å². The van der Waals surface area contributed by atoms with Crippen LogP contribution in [0, 0.1) is 3.57 Å². The van der Waals surface area contributed by atoms with E-state index in [-0.39, 0.29) is 5.91 Å². The first kappa shape index (κ1) is 22.9. The van der Waals surface area contributed by atoms with Crippen molar-refractivity contribution < 1.29 is 13.2 Å². The first-order valence-corrected chi connectivity index (χ1v) is 12.9. The van der Waals surface area contributed by atoms with Crippen molar-refractivity contribution in [3.05, 3.63) is 93.6 Å². The molecule has 0 atom stereocenters. The molecule has 0 spiro atoms. The molecule has 3 aromatic carbocycles. The number of halogens is 1. The minimum atomic E-state index is -3.46. The zero-order chi connectivity index (χ0) is 22.6. The fraction of sp³-hybridized carbons (Fsp3) is 0.208. The van der Waals surface area contributed by atoms with E-state index in [9.17, 15) is 13.2 Å². The average molecular weight is 561 g/mol. The van der Waals surface area contributed by atoms with Gasteiger partial charge in [-0.1, -0.05) is 30.3 Å². The number of nitrogens with one attached hydrogen (secondary N) is 1. The highest BCUT2D eigenvalue weighted by atomic mass is 127. The molecule has 1 fully saturated rings. The Morgan fingerprint density at radius 1 is 0.875 bits per heavy atom. The first-order valence-electron chi connectivity index (χ1n) is 10.4. The predicted molar refractivity (Wildman–Crippen MR) is 134 cm³/mol. The van der Waals surface area contributed by atoms with E-state index in [1.807, 2.05) is 48.5 Å². The third-order valence-electron chi connectivity index (χ3n) is 5.41. The van der Waals surface area contributed by atoms with Crippen LogP contribution in [0.15, 0.2) is 83.8 Å². The molecule has 0 radical (unpaired) electrons. The summed E-state index contributed by atoms with van der Waals surface area (Å²) in [4.78, 5) is 15.2. The number of carbonyl (C=O) groups excluding carboxylic acids is 1. The molecule has 1 heterocycles. The molecule has 0 bridgehead atoms. The lowest BCUT2D eigenvalue weighted by Gasteiger charge is -2.34. The average Bonchev–Trinajstić information content (AvgIpc) is 2.82. The van der Waals surface area contributed by atoms with Crippen molar-refractivity contribution in [2.45, 2.75) is 11.4 Å². The summed E-state index contributed by atoms with van der Waals surface area (Å²) >= 11 is 2.23. The molecule has 4 rings (SSSR count). The summed E-state index contributed by atoms with van der Waals surface area (Å²) in [6, 6.07) is 23.8. The van der Waals surface area contributed by atoms with Crippen molar-refractivity contribution in [1.82, 2.24) is 9.21 Å². The molecule has 6 nitrogen and oxygen atoms in total. The quantitative estimate of drug-likeness (QED) is 0.462. The molecule has 32 heavy (non-hydrogen) atoms. The van der Waals surface area contributed by atoms with Gasteiger partial charge in [0.15, 0.2) is 0 Å². The Kier molecular flexibility index (Phi) is 7.24. The maximum Gasteiger partial charge on any atom is 0.255 e. The number of hydrogen-bond donors (Lipinski definition) is 1. The molecule has 1 amide bonds. The monoisotopic (exact) mass is 561 g/mol. The summed E-state index contributed by atoms with van der Waals surface area (Å²) in [6.45, 7) is 2.86. The predicted octanol–water partition coefficient (Wildman–Crippen LogP) is 4.05. The van der Waals surface area contributed by atoms with Crippen LogP contribution in [0.5, 0.6) is 0 Å². The molecular formula is C24H24IN3O3S. The lowest BCUT2D eigenvalue weighted by atomic mass is 10.1. The van der Waals surface area contributed by atoms with Crippen LogP contribution in [-0.2, 0) is 16.6 Å². The highest BCUT2D eigenvalue weighted by Crippen LogP contribution is 2.19. The molecule has 0 aromatic heterocycles. The minimum Gasteiger partial charge on any atom is -0.322 e. The van der Waals surface area contributed by atoms with Crippen LogP contribution < -0.4 is 5.32 Å². The van der Waals surface area contributed by atoms with E-state index in [4.69, 9.17) is 0 Å². The molecular weight excluding hydrogens is 537 g/mol. The van der Waals surface area contributed by atoms with E-state index in [2.05, 4.69) is 32.8 Å². The largest absolute Gasteiger partial charge is 0.322 e. The van der Waals surface area contributed by atoms with E-state index in [0.717, 1.165) is 14.8 Å². The Balaban J connectivity index is 1.35. The fourth-order valence-electron chi connectivity index (χ4n) is 3.68. The second kappa shape index (κ2) is 10.1. The third kappa shape index (κ3) is 5.55. The highest BCUT2D eigenvalue weighted by molar-refractivity contribution is 14.1. The third-order valence-corrected chi connectivity index (χ3v) is 8.04. The molecule has 166 valence electrons. The van der Waals surface area contributed by atoms with Crippen molar-refractivity contribution in [2.75, 3.05) is 31.5 Å². The highest BCUT2D eigenvalue weighted by Gasteiger charge is 2.28. The van der Waals surface area contributed by atoms with Gasteiger partial charge in [0.05, 0.1) is 4.90 Å². The number of anilines is 1. The standard InChI is InChI=1S/C24H24IN3O3S/c25-21-9-11-22(12-10-21)26-24(29)20-6-4-5-19(17-20)18-27-13-15-28(16-14-27)32(30,31)23-7-2-1-3-8-23/h1-12,17H,13-16,18H2,(H,26,29). The van der Waals surface area contributed by atoms with Gasteiger partial charge in [-0.3, -0.25) is 9.69 Å². The minimum absolute atomic E-state index is 0.146. The van der Waals surface area contributed by atoms with Crippen LogP contribution in [0.1, 0.15) is 15.9 Å². The van der Waals surface area contributed by atoms with E-state index in [1.165, 1.54) is 0 Å². The maximum absolute atomic E-state index is 12.8. The van der Waals surface area contributed by atoms with Crippen molar-refractivity contribution in [3.8, 4) is 0 Å². The Morgan fingerprint density at radius 3 is 2.25 bits per heavy atom. The van der Waals surface area contributed by atoms with Gasteiger partial charge in [-0.2, -0.15) is 4.31 Å². The van der Waals surface area contributed by atoms with Crippen molar-refractivity contribution in [3.63, 3.8) is 0 Å². The summed E-state index contributed by atoms with van der Waals surface area (Å²) in [5.74, 6) is -0.146. The number of rotatable bonds is 6. The van der Waals surface area contributed by atoms with Crippen molar-refractivity contribution in [2.24, 2.45) is 0 Å². The second-order valence-corrected chi connectivity index (χ2v) is 10.8. The number of hydrogen-bond acceptors (Lipinski definition) is 4. The topological polar surface area (TPSA) is 69.7 Å². The Hall–Kier alpha value is -2.27. The van der Waals surface area contributed by atoms with Gasteiger partial charge < -0.3 is 5.32 Å². The van der Waals surface area contributed by atoms with Gasteiger partial charge in [-0.15, -0.1) is 0 Å². The maximum atomic E-state index is 12.8.